The van der Waals surface area contributed by atoms with Crippen LogP contribution in [0, 0.1) is 0 Å². The van der Waals surface area contributed by atoms with Crippen LogP contribution in [0.4, 0.5) is 0 Å². The van der Waals surface area contributed by atoms with Crippen LogP contribution in [-0.2, 0) is 4.74 Å². The van der Waals surface area contributed by atoms with Crippen LogP contribution < -0.4 is 0 Å². The van der Waals surface area contributed by atoms with Crippen molar-refractivity contribution in [1.82, 2.24) is 9.80 Å². The van der Waals surface area contributed by atoms with Gasteiger partial charge in [-0.05, 0) is 30.4 Å². The quantitative estimate of drug-likeness (QED) is 0.864. The molecule has 4 rings (SSSR count). The Bertz CT molecular complexity index is 681. The number of rotatable bonds is 4. The van der Waals surface area contributed by atoms with Gasteiger partial charge in [0.2, 0.25) is 0 Å². The highest BCUT2D eigenvalue weighted by Crippen LogP contribution is 2.34. The molecular weight excluding hydrogens is 308 g/mol. The number of methoxy groups -OCH3 is 1. The lowest BCUT2D eigenvalue weighted by molar-refractivity contribution is 0.0735. The molecule has 5 heteroatoms. The van der Waals surface area contributed by atoms with Gasteiger partial charge in [0.15, 0.2) is 0 Å². The van der Waals surface area contributed by atoms with E-state index in [-0.39, 0.29) is 5.91 Å². The lowest BCUT2D eigenvalue weighted by Gasteiger charge is -2.25. The normalized spacial score (nSPS) is 24.5. The molecule has 23 heavy (non-hydrogen) atoms. The summed E-state index contributed by atoms with van der Waals surface area (Å²) in [6, 6.07) is 11.2. The fraction of sp³-hybridized carbons (Fsp3) is 0.500. The number of amides is 1. The van der Waals surface area contributed by atoms with Gasteiger partial charge >= 0.3 is 0 Å². The maximum Gasteiger partial charge on any atom is 0.264 e. The minimum Gasteiger partial charge on any atom is -0.383 e. The van der Waals surface area contributed by atoms with Gasteiger partial charge < -0.3 is 9.64 Å². The number of nitrogens with zero attached hydrogens (tertiary/aromatic N) is 2. The standard InChI is InChI=1S/C18H22N2O2S/c1-22-11-10-19-8-6-15-14(19)7-9-20(15)18(21)17-12-13-4-2-3-5-16(13)23-17/h2-5,12,14-15H,6-11H2,1H3/t14-,15-/m0/s1. The van der Waals surface area contributed by atoms with Crippen LogP contribution >= 0.6 is 11.3 Å². The van der Waals surface area contributed by atoms with Crippen molar-refractivity contribution in [2.45, 2.75) is 24.9 Å². The molecule has 0 N–H and O–H groups in total. The minimum atomic E-state index is 0.215. The number of benzene rings is 1. The van der Waals surface area contributed by atoms with Gasteiger partial charge in [0, 0.05) is 43.5 Å². The van der Waals surface area contributed by atoms with Crippen molar-refractivity contribution in [3.63, 3.8) is 0 Å². The highest BCUT2D eigenvalue weighted by molar-refractivity contribution is 7.20. The average molecular weight is 330 g/mol. The number of carbonyl (C=O) groups excluding carboxylic acids is 1. The molecule has 2 aliphatic heterocycles. The summed E-state index contributed by atoms with van der Waals surface area (Å²) in [7, 11) is 1.75. The molecule has 2 atom stereocenters. The second-order valence-electron chi connectivity index (χ2n) is 6.39. The molecule has 1 aromatic carbocycles. The molecule has 2 saturated heterocycles. The smallest absolute Gasteiger partial charge is 0.264 e. The van der Waals surface area contributed by atoms with Gasteiger partial charge in [-0.1, -0.05) is 18.2 Å². The SMILES string of the molecule is COCCN1CC[C@H]2[C@@H]1CCN2C(=O)c1cc2ccccc2s1. The number of thiophene rings is 1. The zero-order valence-electron chi connectivity index (χ0n) is 13.4. The third-order valence-corrected chi connectivity index (χ3v) is 6.28. The molecule has 0 spiro atoms. The predicted octanol–water partition coefficient (Wildman–Crippen LogP) is 2.84. The molecular formula is C18H22N2O2S. The van der Waals surface area contributed by atoms with Crippen molar-refractivity contribution in [3.8, 4) is 0 Å². The Kier molecular flexibility index (Phi) is 4.09. The van der Waals surface area contributed by atoms with Crippen molar-refractivity contribution in [1.29, 1.82) is 0 Å². The van der Waals surface area contributed by atoms with Crippen LogP contribution in [0.3, 0.4) is 0 Å². The predicted molar refractivity (Wildman–Crippen MR) is 93.1 cm³/mol. The second-order valence-corrected chi connectivity index (χ2v) is 7.47. The van der Waals surface area contributed by atoms with Crippen LogP contribution in [-0.4, -0.2) is 61.1 Å². The van der Waals surface area contributed by atoms with E-state index in [0.29, 0.717) is 12.1 Å². The first-order chi connectivity index (χ1) is 11.3. The molecule has 0 unspecified atom stereocenters. The van der Waals surface area contributed by atoms with Crippen LogP contribution in [0.5, 0.6) is 0 Å². The van der Waals surface area contributed by atoms with Crippen molar-refractivity contribution in [2.24, 2.45) is 0 Å². The fourth-order valence-electron chi connectivity index (χ4n) is 4.04. The monoisotopic (exact) mass is 330 g/mol. The molecule has 0 saturated carbocycles. The van der Waals surface area contributed by atoms with E-state index in [1.807, 2.05) is 18.2 Å². The van der Waals surface area contributed by atoms with E-state index in [2.05, 4.69) is 21.9 Å². The summed E-state index contributed by atoms with van der Waals surface area (Å²) in [6.45, 7) is 3.71. The summed E-state index contributed by atoms with van der Waals surface area (Å²) < 4.78 is 6.40. The largest absolute Gasteiger partial charge is 0.383 e. The third kappa shape index (κ3) is 2.67. The zero-order valence-corrected chi connectivity index (χ0v) is 14.2. The molecule has 0 bridgehead atoms. The summed E-state index contributed by atoms with van der Waals surface area (Å²) >= 11 is 1.62. The van der Waals surface area contributed by atoms with E-state index >= 15 is 0 Å². The summed E-state index contributed by atoms with van der Waals surface area (Å²) in [4.78, 5) is 18.5. The molecule has 3 heterocycles. The number of hydrogen-bond acceptors (Lipinski definition) is 4. The van der Waals surface area contributed by atoms with Gasteiger partial charge in [0.05, 0.1) is 11.5 Å². The van der Waals surface area contributed by atoms with E-state index in [1.54, 1.807) is 18.4 Å². The number of fused-ring (bicyclic) bond motifs is 2. The maximum absolute atomic E-state index is 13.0. The Morgan fingerprint density at radius 3 is 2.91 bits per heavy atom. The third-order valence-electron chi connectivity index (χ3n) is 5.17. The molecule has 2 aromatic rings. The second kappa shape index (κ2) is 6.23. The molecule has 0 radical (unpaired) electrons. The Morgan fingerprint density at radius 1 is 1.26 bits per heavy atom. The molecule has 2 aliphatic rings. The van der Waals surface area contributed by atoms with Crippen molar-refractivity contribution >= 4 is 27.3 Å². The molecule has 1 aromatic heterocycles. The minimum absolute atomic E-state index is 0.215. The van der Waals surface area contributed by atoms with E-state index in [0.717, 1.165) is 44.0 Å². The zero-order chi connectivity index (χ0) is 15.8. The number of carbonyl (C=O) groups is 1. The van der Waals surface area contributed by atoms with Crippen LogP contribution in [0.15, 0.2) is 30.3 Å². The Hall–Kier alpha value is -1.43. The molecule has 4 nitrogen and oxygen atoms in total. The highest BCUT2D eigenvalue weighted by atomic mass is 32.1. The Labute approximate surface area is 140 Å². The van der Waals surface area contributed by atoms with Gasteiger partial charge in [-0.25, -0.2) is 0 Å². The Morgan fingerprint density at radius 2 is 2.09 bits per heavy atom. The van der Waals surface area contributed by atoms with E-state index in [4.69, 9.17) is 4.74 Å². The lowest BCUT2D eigenvalue weighted by Crippen LogP contribution is -2.40. The topological polar surface area (TPSA) is 32.8 Å². The summed E-state index contributed by atoms with van der Waals surface area (Å²) in [6.07, 6.45) is 2.18. The van der Waals surface area contributed by atoms with Crippen LogP contribution in [0.1, 0.15) is 22.5 Å². The molecule has 0 aliphatic carbocycles. The van der Waals surface area contributed by atoms with E-state index in [9.17, 15) is 4.79 Å². The van der Waals surface area contributed by atoms with Gasteiger partial charge in [0.1, 0.15) is 0 Å². The van der Waals surface area contributed by atoms with Crippen LogP contribution in [0.25, 0.3) is 10.1 Å². The highest BCUT2D eigenvalue weighted by Gasteiger charge is 2.44. The van der Waals surface area contributed by atoms with E-state index < -0.39 is 0 Å². The van der Waals surface area contributed by atoms with Gasteiger partial charge in [-0.3, -0.25) is 9.69 Å². The summed E-state index contributed by atoms with van der Waals surface area (Å²) in [5.41, 5.74) is 0. The van der Waals surface area contributed by atoms with Crippen molar-refractivity contribution < 1.29 is 9.53 Å². The summed E-state index contributed by atoms with van der Waals surface area (Å²) in [5.74, 6) is 0.215. The average Bonchev–Trinajstić information content (AvgIpc) is 3.26. The van der Waals surface area contributed by atoms with E-state index in [1.165, 1.54) is 10.1 Å². The first-order valence-electron chi connectivity index (χ1n) is 8.30. The maximum atomic E-state index is 13.0. The molecule has 122 valence electrons. The number of likely N-dealkylation sites (tertiary alicyclic amines) is 2. The van der Waals surface area contributed by atoms with Gasteiger partial charge in [-0.15, -0.1) is 11.3 Å². The molecule has 1 amide bonds. The van der Waals surface area contributed by atoms with Crippen molar-refractivity contribution in [3.05, 3.63) is 35.2 Å². The lowest BCUT2D eigenvalue weighted by atomic mass is 10.1. The number of hydrogen-bond donors (Lipinski definition) is 0. The molecule has 2 fully saturated rings. The van der Waals surface area contributed by atoms with Gasteiger partial charge in [-0.2, -0.15) is 0 Å². The fourth-order valence-corrected chi connectivity index (χ4v) is 5.06. The Balaban J connectivity index is 1.51. The van der Waals surface area contributed by atoms with Crippen molar-refractivity contribution in [2.75, 3.05) is 33.4 Å². The van der Waals surface area contributed by atoms with Crippen LogP contribution in [0.2, 0.25) is 0 Å². The van der Waals surface area contributed by atoms with Gasteiger partial charge in [0.25, 0.3) is 5.91 Å². The first kappa shape index (κ1) is 15.1. The summed E-state index contributed by atoms with van der Waals surface area (Å²) in [5, 5.41) is 1.17. The first-order valence-corrected chi connectivity index (χ1v) is 9.12. The number of ether oxygens (including phenoxy) is 1.